The van der Waals surface area contributed by atoms with Crippen LogP contribution in [0.25, 0.3) is 0 Å². The van der Waals surface area contributed by atoms with Crippen molar-refractivity contribution in [3.05, 3.63) is 17.5 Å². The van der Waals surface area contributed by atoms with Crippen molar-refractivity contribution in [1.82, 2.24) is 20.0 Å². The Balaban J connectivity index is 1.33. The predicted molar refractivity (Wildman–Crippen MR) is 105 cm³/mol. The molecule has 2 saturated heterocycles. The molecule has 1 spiro atoms. The van der Waals surface area contributed by atoms with Crippen LogP contribution < -0.4 is 5.32 Å². The maximum absolute atomic E-state index is 12.8. The van der Waals surface area contributed by atoms with E-state index in [-0.39, 0.29) is 5.91 Å². The average molecular weight is 375 g/mol. The summed E-state index contributed by atoms with van der Waals surface area (Å²) < 4.78 is 7.48. The fraction of sp³-hybridized carbons (Fsp3) is 0.810. The van der Waals surface area contributed by atoms with Crippen molar-refractivity contribution in [3.63, 3.8) is 0 Å². The maximum atomic E-state index is 12.8. The van der Waals surface area contributed by atoms with E-state index in [2.05, 4.69) is 22.4 Å². The van der Waals surface area contributed by atoms with Gasteiger partial charge in [-0.3, -0.25) is 9.48 Å². The number of carbonyl (C=O) groups is 1. The summed E-state index contributed by atoms with van der Waals surface area (Å²) in [6, 6.07) is 0.674. The molecular formula is C21H34N4O2. The Bertz CT molecular complexity index is 647. The number of nitrogens with one attached hydrogen (secondary N) is 1. The molecule has 0 bridgehead atoms. The average Bonchev–Trinajstić information content (AvgIpc) is 3.08. The van der Waals surface area contributed by atoms with Gasteiger partial charge < -0.3 is 15.0 Å². The van der Waals surface area contributed by atoms with Crippen LogP contribution in [0.3, 0.4) is 0 Å². The van der Waals surface area contributed by atoms with Crippen molar-refractivity contribution in [3.8, 4) is 0 Å². The molecule has 4 rings (SSSR count). The highest BCUT2D eigenvalue weighted by Crippen LogP contribution is 2.44. The van der Waals surface area contributed by atoms with Crippen LogP contribution in [0.4, 0.5) is 0 Å². The molecule has 0 unspecified atom stereocenters. The van der Waals surface area contributed by atoms with E-state index >= 15 is 0 Å². The third kappa shape index (κ3) is 4.06. The summed E-state index contributed by atoms with van der Waals surface area (Å²) in [6.45, 7) is 6.03. The standard InChI is InChI=1S/C21H34N4O2/c1-16-19(15-22-25(16)18-5-13-27-14-6-18)20(26)23-17-3-7-21(8-4-17)9-11-24(2)12-10-21/h15,17-18H,3-14H2,1-2H3,(H,23,26). The second-order valence-corrected chi connectivity index (χ2v) is 8.98. The van der Waals surface area contributed by atoms with Crippen LogP contribution in [0.1, 0.15) is 73.5 Å². The fourth-order valence-electron chi connectivity index (χ4n) is 5.17. The molecule has 27 heavy (non-hydrogen) atoms. The van der Waals surface area contributed by atoms with Gasteiger partial charge in [0.1, 0.15) is 0 Å². The minimum atomic E-state index is 0.0511. The monoisotopic (exact) mass is 374 g/mol. The second kappa shape index (κ2) is 7.92. The Morgan fingerprint density at radius 1 is 1.15 bits per heavy atom. The van der Waals surface area contributed by atoms with Gasteiger partial charge in [-0.15, -0.1) is 0 Å². The quantitative estimate of drug-likeness (QED) is 0.884. The topological polar surface area (TPSA) is 59.4 Å². The molecule has 0 aromatic carbocycles. The molecule has 1 amide bonds. The van der Waals surface area contributed by atoms with Crippen molar-refractivity contribution in [1.29, 1.82) is 0 Å². The van der Waals surface area contributed by atoms with Gasteiger partial charge in [-0.25, -0.2) is 0 Å². The zero-order valence-electron chi connectivity index (χ0n) is 16.9. The predicted octanol–water partition coefficient (Wildman–Crippen LogP) is 2.93. The highest BCUT2D eigenvalue weighted by atomic mass is 16.5. The molecule has 3 heterocycles. The van der Waals surface area contributed by atoms with Gasteiger partial charge in [-0.1, -0.05) is 0 Å². The minimum Gasteiger partial charge on any atom is -0.381 e. The van der Waals surface area contributed by atoms with Crippen molar-refractivity contribution in [2.24, 2.45) is 5.41 Å². The summed E-state index contributed by atoms with van der Waals surface area (Å²) >= 11 is 0. The largest absolute Gasteiger partial charge is 0.381 e. The van der Waals surface area contributed by atoms with Gasteiger partial charge in [0.05, 0.1) is 17.8 Å². The van der Waals surface area contributed by atoms with E-state index in [1.807, 2.05) is 11.6 Å². The molecule has 0 atom stereocenters. The van der Waals surface area contributed by atoms with Crippen LogP contribution in [-0.2, 0) is 4.74 Å². The molecule has 3 aliphatic rings. The van der Waals surface area contributed by atoms with Gasteiger partial charge in [0.2, 0.25) is 0 Å². The van der Waals surface area contributed by atoms with Gasteiger partial charge in [-0.2, -0.15) is 5.10 Å². The molecule has 1 aromatic rings. The van der Waals surface area contributed by atoms with E-state index in [0.29, 0.717) is 17.5 Å². The van der Waals surface area contributed by atoms with E-state index in [9.17, 15) is 4.79 Å². The van der Waals surface area contributed by atoms with E-state index < -0.39 is 0 Å². The highest BCUT2D eigenvalue weighted by molar-refractivity contribution is 5.95. The zero-order valence-corrected chi connectivity index (χ0v) is 16.9. The third-order valence-corrected chi connectivity index (χ3v) is 7.26. The van der Waals surface area contributed by atoms with Crippen LogP contribution >= 0.6 is 0 Å². The molecule has 150 valence electrons. The Morgan fingerprint density at radius 2 is 1.81 bits per heavy atom. The van der Waals surface area contributed by atoms with Crippen LogP contribution in [0, 0.1) is 12.3 Å². The first kappa shape index (κ1) is 18.9. The summed E-state index contributed by atoms with van der Waals surface area (Å²) in [5.74, 6) is 0.0511. The minimum absolute atomic E-state index is 0.0511. The number of rotatable bonds is 3. The fourth-order valence-corrected chi connectivity index (χ4v) is 5.17. The summed E-state index contributed by atoms with van der Waals surface area (Å²) in [4.78, 5) is 15.3. The second-order valence-electron chi connectivity index (χ2n) is 8.98. The van der Waals surface area contributed by atoms with Crippen molar-refractivity contribution in [2.45, 2.75) is 70.4 Å². The number of piperidine rings is 1. The van der Waals surface area contributed by atoms with Crippen LogP contribution in [0.2, 0.25) is 0 Å². The van der Waals surface area contributed by atoms with E-state index in [4.69, 9.17) is 4.74 Å². The van der Waals surface area contributed by atoms with E-state index in [0.717, 1.165) is 50.2 Å². The molecule has 6 nitrogen and oxygen atoms in total. The summed E-state index contributed by atoms with van der Waals surface area (Å²) in [7, 11) is 2.22. The normalized spacial score (nSPS) is 25.0. The molecule has 2 aliphatic heterocycles. The lowest BCUT2D eigenvalue weighted by Gasteiger charge is -2.45. The Hall–Kier alpha value is -1.40. The molecular weight excluding hydrogens is 340 g/mol. The van der Waals surface area contributed by atoms with E-state index in [1.54, 1.807) is 6.20 Å². The van der Waals surface area contributed by atoms with Gasteiger partial charge in [0, 0.05) is 24.9 Å². The smallest absolute Gasteiger partial charge is 0.254 e. The van der Waals surface area contributed by atoms with E-state index in [1.165, 1.54) is 38.8 Å². The Labute approximate surface area is 162 Å². The van der Waals surface area contributed by atoms with Gasteiger partial charge in [-0.05, 0) is 83.8 Å². The molecule has 1 aromatic heterocycles. The van der Waals surface area contributed by atoms with Crippen molar-refractivity contribution in [2.75, 3.05) is 33.4 Å². The number of likely N-dealkylation sites (tertiary alicyclic amines) is 1. The first-order valence-corrected chi connectivity index (χ1v) is 10.7. The zero-order chi connectivity index (χ0) is 18.9. The number of aromatic nitrogens is 2. The lowest BCUT2D eigenvalue weighted by Crippen LogP contribution is -2.45. The number of hydrogen-bond donors (Lipinski definition) is 1. The molecule has 1 aliphatic carbocycles. The van der Waals surface area contributed by atoms with Crippen LogP contribution in [0.15, 0.2) is 6.20 Å². The number of nitrogens with zero attached hydrogens (tertiary/aromatic N) is 3. The molecule has 6 heteroatoms. The van der Waals surface area contributed by atoms with Crippen LogP contribution in [-0.4, -0.2) is 60.0 Å². The van der Waals surface area contributed by atoms with Gasteiger partial charge in [0.25, 0.3) is 5.91 Å². The Morgan fingerprint density at radius 3 is 2.48 bits per heavy atom. The van der Waals surface area contributed by atoms with Crippen molar-refractivity contribution >= 4 is 5.91 Å². The number of hydrogen-bond acceptors (Lipinski definition) is 4. The summed E-state index contributed by atoms with van der Waals surface area (Å²) in [5, 5.41) is 7.82. The lowest BCUT2D eigenvalue weighted by molar-refractivity contribution is 0.0649. The molecule has 1 saturated carbocycles. The number of ether oxygens (including phenoxy) is 1. The molecule has 0 radical (unpaired) electrons. The highest BCUT2D eigenvalue weighted by Gasteiger charge is 2.37. The van der Waals surface area contributed by atoms with Gasteiger partial charge in [0.15, 0.2) is 0 Å². The molecule has 1 N–H and O–H groups in total. The lowest BCUT2D eigenvalue weighted by atomic mass is 9.67. The Kier molecular flexibility index (Phi) is 5.55. The van der Waals surface area contributed by atoms with Crippen LogP contribution in [0.5, 0.6) is 0 Å². The maximum Gasteiger partial charge on any atom is 0.254 e. The number of carbonyl (C=O) groups excluding carboxylic acids is 1. The first-order valence-electron chi connectivity index (χ1n) is 10.7. The third-order valence-electron chi connectivity index (χ3n) is 7.26. The SMILES string of the molecule is Cc1c(C(=O)NC2CCC3(CC2)CCN(C)CC3)cnn1C1CCOCC1. The first-order chi connectivity index (χ1) is 13.1. The summed E-state index contributed by atoms with van der Waals surface area (Å²) in [6.07, 6.45) is 11.1. The van der Waals surface area contributed by atoms with Crippen molar-refractivity contribution < 1.29 is 9.53 Å². The summed E-state index contributed by atoms with van der Waals surface area (Å²) in [5.41, 5.74) is 2.26. The molecule has 3 fully saturated rings. The van der Waals surface area contributed by atoms with Gasteiger partial charge >= 0.3 is 0 Å². The number of amides is 1.